The van der Waals surface area contributed by atoms with Gasteiger partial charge >= 0.3 is 0 Å². The number of H-pyrrole nitrogens is 1. The Balaban J connectivity index is 1.52. The van der Waals surface area contributed by atoms with Crippen LogP contribution in [0.3, 0.4) is 0 Å². The van der Waals surface area contributed by atoms with Crippen LogP contribution in [0.1, 0.15) is 32.1 Å². The summed E-state index contributed by atoms with van der Waals surface area (Å²) in [5.41, 5.74) is 1.33. The van der Waals surface area contributed by atoms with Crippen molar-refractivity contribution in [2.75, 3.05) is 11.9 Å². The lowest BCUT2D eigenvalue weighted by Gasteiger charge is -2.30. The number of carbonyl (C=O) groups is 1. The number of nitrogens with zero attached hydrogens (tertiary/aromatic N) is 3. The molecule has 158 valence electrons. The third kappa shape index (κ3) is 4.52. The average molecular weight is 433 g/mol. The van der Waals surface area contributed by atoms with Gasteiger partial charge in [-0.2, -0.15) is 0 Å². The van der Waals surface area contributed by atoms with Crippen LogP contribution in [-0.4, -0.2) is 49.6 Å². The van der Waals surface area contributed by atoms with Crippen LogP contribution in [0.25, 0.3) is 22.4 Å². The van der Waals surface area contributed by atoms with Gasteiger partial charge in [0.05, 0.1) is 17.8 Å². The van der Waals surface area contributed by atoms with E-state index in [-0.39, 0.29) is 36.8 Å². The summed E-state index contributed by atoms with van der Waals surface area (Å²) in [6.07, 6.45) is 7.75. The Hall–Kier alpha value is -2.78. The topological polar surface area (TPSA) is 116 Å². The maximum Gasteiger partial charge on any atom is 0.222 e. The van der Waals surface area contributed by atoms with Crippen LogP contribution in [0.15, 0.2) is 24.7 Å². The predicted molar refractivity (Wildman–Crippen MR) is 112 cm³/mol. The fourth-order valence-electron chi connectivity index (χ4n) is 3.81. The number of aromatic amines is 1. The van der Waals surface area contributed by atoms with E-state index in [1.807, 2.05) is 0 Å². The molecule has 1 aliphatic rings. The average Bonchev–Trinajstić information content (AvgIpc) is 3.13. The van der Waals surface area contributed by atoms with E-state index in [9.17, 15) is 9.18 Å². The minimum absolute atomic E-state index is 0.0125. The molecule has 4 rings (SSSR count). The molecule has 0 aliphatic heterocycles. The number of hydrogen-bond donors (Lipinski definition) is 4. The molecule has 3 aromatic heterocycles. The van der Waals surface area contributed by atoms with E-state index in [0.29, 0.717) is 28.5 Å². The number of pyridine rings is 1. The molecule has 1 amide bonds. The Morgan fingerprint density at radius 3 is 2.97 bits per heavy atom. The molecular weight excluding hydrogens is 411 g/mol. The van der Waals surface area contributed by atoms with Crippen molar-refractivity contribution in [2.24, 2.45) is 0 Å². The molecule has 1 fully saturated rings. The molecule has 8 nitrogen and oxygen atoms in total. The van der Waals surface area contributed by atoms with Crippen LogP contribution >= 0.6 is 11.6 Å². The molecular formula is C20H22ClFN6O2. The Labute approximate surface area is 177 Å². The van der Waals surface area contributed by atoms with E-state index in [4.69, 9.17) is 16.7 Å². The second-order valence-electron chi connectivity index (χ2n) is 7.39. The van der Waals surface area contributed by atoms with E-state index < -0.39 is 5.82 Å². The number of hydrogen-bond acceptors (Lipinski definition) is 6. The van der Waals surface area contributed by atoms with Crippen molar-refractivity contribution in [3.63, 3.8) is 0 Å². The number of aliphatic hydroxyl groups is 1. The van der Waals surface area contributed by atoms with Crippen molar-refractivity contribution in [2.45, 2.75) is 44.2 Å². The Bertz CT molecular complexity index is 1060. The Morgan fingerprint density at radius 2 is 2.13 bits per heavy atom. The minimum Gasteiger partial charge on any atom is -0.396 e. The van der Waals surface area contributed by atoms with Gasteiger partial charge in [-0.25, -0.2) is 19.3 Å². The molecule has 3 aromatic rings. The van der Waals surface area contributed by atoms with Crippen molar-refractivity contribution >= 4 is 34.4 Å². The number of anilines is 1. The van der Waals surface area contributed by atoms with Crippen LogP contribution in [0.4, 0.5) is 10.2 Å². The quantitative estimate of drug-likeness (QED) is 0.476. The number of fused-ring (bicyclic) bond motifs is 1. The van der Waals surface area contributed by atoms with Crippen molar-refractivity contribution < 1.29 is 14.3 Å². The number of amides is 1. The molecule has 2 atom stereocenters. The van der Waals surface area contributed by atoms with E-state index >= 15 is 0 Å². The smallest absolute Gasteiger partial charge is 0.222 e. The number of nitrogens with one attached hydrogen (secondary N) is 3. The summed E-state index contributed by atoms with van der Waals surface area (Å²) in [4.78, 5) is 27.5. The lowest BCUT2D eigenvalue weighted by Crippen LogP contribution is -2.42. The summed E-state index contributed by atoms with van der Waals surface area (Å²) in [5, 5.41) is 16.2. The van der Waals surface area contributed by atoms with Gasteiger partial charge in [0.1, 0.15) is 5.65 Å². The van der Waals surface area contributed by atoms with Gasteiger partial charge in [-0.15, -0.1) is 0 Å². The highest BCUT2D eigenvalue weighted by molar-refractivity contribution is 6.31. The van der Waals surface area contributed by atoms with Gasteiger partial charge in [0.15, 0.2) is 17.5 Å². The van der Waals surface area contributed by atoms with Crippen LogP contribution in [-0.2, 0) is 4.79 Å². The van der Waals surface area contributed by atoms with Crippen molar-refractivity contribution in [1.82, 2.24) is 25.3 Å². The van der Waals surface area contributed by atoms with Crippen molar-refractivity contribution in [3.8, 4) is 11.4 Å². The van der Waals surface area contributed by atoms with Gasteiger partial charge in [0.25, 0.3) is 0 Å². The molecule has 4 N–H and O–H groups in total. The summed E-state index contributed by atoms with van der Waals surface area (Å²) < 4.78 is 14.4. The fraction of sp³-hybridized carbons (Fsp3) is 0.400. The van der Waals surface area contributed by atoms with Crippen molar-refractivity contribution in [1.29, 1.82) is 0 Å². The van der Waals surface area contributed by atoms with Crippen LogP contribution in [0.2, 0.25) is 5.02 Å². The van der Waals surface area contributed by atoms with Gasteiger partial charge < -0.3 is 20.7 Å². The van der Waals surface area contributed by atoms with E-state index in [0.717, 1.165) is 30.8 Å². The molecule has 0 spiro atoms. The zero-order valence-electron chi connectivity index (χ0n) is 16.2. The first kappa shape index (κ1) is 20.5. The molecule has 1 unspecified atom stereocenters. The van der Waals surface area contributed by atoms with Crippen LogP contribution in [0.5, 0.6) is 0 Å². The lowest BCUT2D eigenvalue weighted by atomic mass is 9.91. The summed E-state index contributed by atoms with van der Waals surface area (Å²) in [6.45, 7) is -0.177. The number of carbonyl (C=O) groups excluding carboxylic acids is 1. The summed E-state index contributed by atoms with van der Waals surface area (Å²) in [6, 6.07) is 1.71. The number of halogens is 2. The van der Waals surface area contributed by atoms with Gasteiger partial charge in [-0.1, -0.05) is 11.6 Å². The summed E-state index contributed by atoms with van der Waals surface area (Å²) in [7, 11) is 0. The molecule has 0 aromatic carbocycles. The van der Waals surface area contributed by atoms with Crippen molar-refractivity contribution in [3.05, 3.63) is 35.5 Å². The third-order valence-corrected chi connectivity index (χ3v) is 5.41. The van der Waals surface area contributed by atoms with E-state index in [1.165, 1.54) is 0 Å². The standard InChI is InChI=1S/C20H22ClFN6O2/c21-11-6-14-15(9-24-18(14)23-8-11)19-25-10-16(22)20(28-19)27-13-3-1-2-12(7-13)26-17(30)4-5-29/h6,8-10,12-13,29H,1-5,7H2,(H,23,24)(H,26,30)(H,25,27,28)/t12-,13?/m1/s1. The molecule has 0 radical (unpaired) electrons. The first-order valence-corrected chi connectivity index (χ1v) is 10.2. The lowest BCUT2D eigenvalue weighted by molar-refractivity contribution is -0.122. The monoisotopic (exact) mass is 432 g/mol. The number of aromatic nitrogens is 4. The number of aliphatic hydroxyl groups excluding tert-OH is 1. The van der Waals surface area contributed by atoms with E-state index in [2.05, 4.69) is 30.6 Å². The molecule has 0 saturated heterocycles. The second-order valence-corrected chi connectivity index (χ2v) is 7.82. The normalized spacial score (nSPS) is 19.0. The highest BCUT2D eigenvalue weighted by Crippen LogP contribution is 2.29. The molecule has 30 heavy (non-hydrogen) atoms. The maximum atomic E-state index is 14.4. The second kappa shape index (κ2) is 8.93. The minimum atomic E-state index is -0.541. The van der Waals surface area contributed by atoms with Gasteiger partial charge in [-0.3, -0.25) is 4.79 Å². The van der Waals surface area contributed by atoms with Gasteiger partial charge in [-0.05, 0) is 31.7 Å². The molecule has 3 heterocycles. The Morgan fingerprint density at radius 1 is 1.30 bits per heavy atom. The Kier molecular flexibility index (Phi) is 6.10. The summed E-state index contributed by atoms with van der Waals surface area (Å²) >= 11 is 6.06. The van der Waals surface area contributed by atoms with Crippen LogP contribution in [0, 0.1) is 5.82 Å². The van der Waals surface area contributed by atoms with Crippen LogP contribution < -0.4 is 10.6 Å². The zero-order valence-corrected chi connectivity index (χ0v) is 16.9. The largest absolute Gasteiger partial charge is 0.396 e. The first-order valence-electron chi connectivity index (χ1n) is 9.86. The molecule has 10 heteroatoms. The number of rotatable bonds is 6. The van der Waals surface area contributed by atoms with E-state index in [1.54, 1.807) is 18.5 Å². The fourth-order valence-corrected chi connectivity index (χ4v) is 3.97. The molecule has 0 bridgehead atoms. The van der Waals surface area contributed by atoms with Gasteiger partial charge in [0, 0.05) is 41.8 Å². The SMILES string of the molecule is O=C(CCO)N[C@@H]1CCCC(Nc2nc(-c3c[nH]c4ncc(Cl)cc34)ncc2F)C1. The highest BCUT2D eigenvalue weighted by Gasteiger charge is 2.24. The highest BCUT2D eigenvalue weighted by atomic mass is 35.5. The summed E-state index contributed by atoms with van der Waals surface area (Å²) in [5.74, 6) is -0.235. The predicted octanol–water partition coefficient (Wildman–Crippen LogP) is 3.03. The zero-order chi connectivity index (χ0) is 21.1. The third-order valence-electron chi connectivity index (χ3n) is 5.20. The molecule has 1 saturated carbocycles. The maximum absolute atomic E-state index is 14.4. The molecule has 1 aliphatic carbocycles. The van der Waals surface area contributed by atoms with Gasteiger partial charge in [0.2, 0.25) is 5.91 Å². The first-order chi connectivity index (χ1) is 14.5.